The minimum Gasteiger partial charge on any atom is -0.405 e. The van der Waals surface area contributed by atoms with Crippen LogP contribution in [-0.4, -0.2) is 60.8 Å². The third-order valence-corrected chi connectivity index (χ3v) is 8.44. The molecular formula is C31H31F3N6O3. The quantitative estimate of drug-likeness (QED) is 0.309. The number of likely N-dealkylation sites (tertiary alicyclic amines) is 1. The highest BCUT2D eigenvalue weighted by Crippen LogP contribution is 2.47. The molecule has 0 radical (unpaired) electrons. The highest BCUT2D eigenvalue weighted by atomic mass is 19.4. The van der Waals surface area contributed by atoms with Gasteiger partial charge in [-0.25, -0.2) is 4.98 Å². The molecule has 12 heteroatoms. The summed E-state index contributed by atoms with van der Waals surface area (Å²) in [6.45, 7) is 3.11. The molecule has 0 bridgehead atoms. The number of aromatic nitrogens is 4. The standard InChI is InChI=1S/C31H31F3N6O3/c1-18(41)39-12-10-20(11-13-39)26(42)17-40-16-24-22(4-3-5-25(24)37-40)28-29(21-7-8-21)38(2)30(36-28)23-9-6-19(15-35)14-27(23)43-31(32,33)34/h3-6,9,14,16,20-21,26,42H,7-8,10-13,17H2,1-2H3. The number of rotatable bonds is 7. The van der Waals surface area contributed by atoms with Crippen molar-refractivity contribution in [3.63, 3.8) is 0 Å². The molecule has 1 amide bonds. The molecule has 6 rings (SSSR count). The molecule has 2 aliphatic rings. The zero-order valence-electron chi connectivity index (χ0n) is 23.8. The second-order valence-corrected chi connectivity index (χ2v) is 11.4. The van der Waals surface area contributed by atoms with E-state index in [1.54, 1.807) is 23.6 Å². The summed E-state index contributed by atoms with van der Waals surface area (Å²) in [5.41, 5.74) is 3.25. The maximum atomic E-state index is 13.3. The van der Waals surface area contributed by atoms with Crippen LogP contribution in [0.3, 0.4) is 0 Å². The van der Waals surface area contributed by atoms with E-state index in [1.165, 1.54) is 12.1 Å². The molecule has 1 saturated carbocycles. The van der Waals surface area contributed by atoms with E-state index in [1.807, 2.05) is 35.0 Å². The lowest BCUT2D eigenvalue weighted by Gasteiger charge is -2.33. The van der Waals surface area contributed by atoms with Crippen molar-refractivity contribution in [3.8, 4) is 34.5 Å². The highest BCUT2D eigenvalue weighted by molar-refractivity contribution is 5.94. The molecule has 3 heterocycles. The van der Waals surface area contributed by atoms with Gasteiger partial charge < -0.3 is 19.3 Å². The van der Waals surface area contributed by atoms with Crippen molar-refractivity contribution in [2.45, 2.75) is 57.5 Å². The number of amides is 1. The summed E-state index contributed by atoms with van der Waals surface area (Å²) in [7, 11) is 1.78. The van der Waals surface area contributed by atoms with Crippen LogP contribution in [0.1, 0.15) is 49.8 Å². The van der Waals surface area contributed by atoms with Gasteiger partial charge in [0.05, 0.1) is 41.1 Å². The number of alkyl halides is 3. The molecular weight excluding hydrogens is 561 g/mol. The zero-order chi connectivity index (χ0) is 30.5. The average molecular weight is 593 g/mol. The summed E-state index contributed by atoms with van der Waals surface area (Å²) < 4.78 is 47.8. The number of carbonyl (C=O) groups excluding carboxylic acids is 1. The van der Waals surface area contributed by atoms with Crippen molar-refractivity contribution in [1.82, 2.24) is 24.2 Å². The largest absolute Gasteiger partial charge is 0.573 e. The summed E-state index contributed by atoms with van der Waals surface area (Å²) >= 11 is 0. The van der Waals surface area contributed by atoms with Crippen LogP contribution in [0.15, 0.2) is 42.6 Å². The second kappa shape index (κ2) is 11.0. The van der Waals surface area contributed by atoms with Gasteiger partial charge in [-0.1, -0.05) is 12.1 Å². The summed E-state index contributed by atoms with van der Waals surface area (Å²) in [4.78, 5) is 18.3. The van der Waals surface area contributed by atoms with E-state index >= 15 is 0 Å². The number of aliphatic hydroxyl groups excluding tert-OH is 1. The van der Waals surface area contributed by atoms with Gasteiger partial charge in [0.1, 0.15) is 11.6 Å². The summed E-state index contributed by atoms with van der Waals surface area (Å²) in [5, 5.41) is 25.8. The number of imidazole rings is 1. The molecule has 224 valence electrons. The van der Waals surface area contributed by atoms with Crippen molar-refractivity contribution >= 4 is 16.8 Å². The predicted molar refractivity (Wildman–Crippen MR) is 152 cm³/mol. The van der Waals surface area contributed by atoms with Crippen LogP contribution in [0.5, 0.6) is 5.75 Å². The molecule has 1 N–H and O–H groups in total. The van der Waals surface area contributed by atoms with Crippen LogP contribution in [0.2, 0.25) is 0 Å². The Morgan fingerprint density at radius 1 is 1.16 bits per heavy atom. The first-order valence-corrected chi connectivity index (χ1v) is 14.3. The molecule has 1 saturated heterocycles. The number of hydrogen-bond donors (Lipinski definition) is 1. The number of ether oxygens (including phenoxy) is 1. The van der Waals surface area contributed by atoms with Gasteiger partial charge in [0.25, 0.3) is 0 Å². The fourth-order valence-electron chi connectivity index (χ4n) is 6.09. The van der Waals surface area contributed by atoms with Crippen LogP contribution in [-0.2, 0) is 18.4 Å². The zero-order valence-corrected chi connectivity index (χ0v) is 23.8. The van der Waals surface area contributed by atoms with E-state index in [0.717, 1.165) is 48.4 Å². The van der Waals surface area contributed by atoms with Crippen molar-refractivity contribution in [1.29, 1.82) is 5.26 Å². The third kappa shape index (κ3) is 5.82. The number of piperidine rings is 1. The van der Waals surface area contributed by atoms with Crippen LogP contribution in [0.4, 0.5) is 13.2 Å². The summed E-state index contributed by atoms with van der Waals surface area (Å²) in [6, 6.07) is 11.5. The summed E-state index contributed by atoms with van der Waals surface area (Å²) in [6.07, 6.45) is -0.356. The molecule has 2 fully saturated rings. The Labute approximate surface area is 246 Å². The first-order valence-electron chi connectivity index (χ1n) is 14.3. The average Bonchev–Trinajstić information content (AvgIpc) is 3.63. The van der Waals surface area contributed by atoms with Crippen molar-refractivity contribution in [2.24, 2.45) is 13.0 Å². The molecule has 1 aliphatic heterocycles. The minimum absolute atomic E-state index is 0.0450. The van der Waals surface area contributed by atoms with Gasteiger partial charge in [0, 0.05) is 55.8 Å². The fourth-order valence-corrected chi connectivity index (χ4v) is 6.09. The molecule has 9 nitrogen and oxygen atoms in total. The van der Waals surface area contributed by atoms with Gasteiger partial charge in [-0.3, -0.25) is 9.48 Å². The number of fused-ring (bicyclic) bond motifs is 1. The van der Waals surface area contributed by atoms with Crippen molar-refractivity contribution in [2.75, 3.05) is 13.1 Å². The van der Waals surface area contributed by atoms with Gasteiger partial charge in [-0.2, -0.15) is 10.4 Å². The van der Waals surface area contributed by atoms with Gasteiger partial charge in [-0.15, -0.1) is 13.2 Å². The van der Waals surface area contributed by atoms with Crippen molar-refractivity contribution in [3.05, 3.63) is 53.9 Å². The first-order chi connectivity index (χ1) is 20.5. The number of nitriles is 1. The molecule has 1 unspecified atom stereocenters. The van der Waals surface area contributed by atoms with Gasteiger partial charge >= 0.3 is 6.36 Å². The normalized spacial score (nSPS) is 16.8. The van der Waals surface area contributed by atoms with Gasteiger partial charge in [-0.05, 0) is 55.9 Å². The number of nitrogens with zero attached hydrogens (tertiary/aromatic N) is 6. The Morgan fingerprint density at radius 3 is 2.56 bits per heavy atom. The third-order valence-electron chi connectivity index (χ3n) is 8.44. The monoisotopic (exact) mass is 592 g/mol. The molecule has 0 spiro atoms. The summed E-state index contributed by atoms with van der Waals surface area (Å²) in [5.74, 6) is 0.132. The maximum absolute atomic E-state index is 13.3. The maximum Gasteiger partial charge on any atom is 0.573 e. The Kier molecular flexibility index (Phi) is 7.38. The predicted octanol–water partition coefficient (Wildman–Crippen LogP) is 5.37. The highest BCUT2D eigenvalue weighted by Gasteiger charge is 2.36. The van der Waals surface area contributed by atoms with Gasteiger partial charge in [0.2, 0.25) is 5.91 Å². The Hall–Kier alpha value is -4.37. The number of carbonyl (C=O) groups is 1. The number of halogens is 3. The van der Waals surface area contributed by atoms with Crippen LogP contribution >= 0.6 is 0 Å². The SMILES string of the molecule is CC(=O)N1CCC(C(O)Cn2cc3c(-c4nc(-c5ccc(C#N)cc5OC(F)(F)F)n(C)c4C4CC4)cccc3n2)CC1. The molecule has 2 aromatic heterocycles. The molecule has 1 atom stereocenters. The molecule has 2 aromatic carbocycles. The van der Waals surface area contributed by atoms with Crippen LogP contribution in [0, 0.1) is 17.2 Å². The second-order valence-electron chi connectivity index (χ2n) is 11.4. The van der Waals surface area contributed by atoms with E-state index in [4.69, 9.17) is 10.1 Å². The lowest BCUT2D eigenvalue weighted by Crippen LogP contribution is -2.41. The number of hydrogen-bond acceptors (Lipinski definition) is 6. The Morgan fingerprint density at radius 2 is 1.91 bits per heavy atom. The molecule has 43 heavy (non-hydrogen) atoms. The molecule has 4 aromatic rings. The van der Waals surface area contributed by atoms with E-state index in [2.05, 4.69) is 4.74 Å². The Bertz CT molecular complexity index is 1720. The van der Waals surface area contributed by atoms with Crippen molar-refractivity contribution < 1.29 is 27.8 Å². The Balaban J connectivity index is 1.36. The molecule has 1 aliphatic carbocycles. The number of benzene rings is 2. The number of aliphatic hydroxyl groups is 1. The first kappa shape index (κ1) is 28.7. The van der Waals surface area contributed by atoms with Crippen LogP contribution in [0.25, 0.3) is 33.5 Å². The van der Waals surface area contributed by atoms with E-state index in [0.29, 0.717) is 36.7 Å². The van der Waals surface area contributed by atoms with E-state index in [9.17, 15) is 28.3 Å². The van der Waals surface area contributed by atoms with E-state index in [-0.39, 0.29) is 28.9 Å². The lowest BCUT2D eigenvalue weighted by atomic mass is 9.91. The lowest BCUT2D eigenvalue weighted by molar-refractivity contribution is -0.274. The smallest absolute Gasteiger partial charge is 0.405 e. The fraction of sp³-hybridized carbons (Fsp3) is 0.419. The topological polar surface area (TPSA) is 109 Å². The van der Waals surface area contributed by atoms with Crippen LogP contribution < -0.4 is 4.74 Å². The van der Waals surface area contributed by atoms with Gasteiger partial charge in [0.15, 0.2) is 0 Å². The minimum atomic E-state index is -4.94. The van der Waals surface area contributed by atoms with E-state index < -0.39 is 18.2 Å².